The molecule has 0 radical (unpaired) electrons. The lowest BCUT2D eigenvalue weighted by Crippen LogP contribution is -2.46. The van der Waals surface area contributed by atoms with E-state index in [0.717, 1.165) is 0 Å². The fourth-order valence-corrected chi connectivity index (χ4v) is 3.80. The van der Waals surface area contributed by atoms with E-state index in [2.05, 4.69) is 0 Å². The highest BCUT2D eigenvalue weighted by atomic mass is 35.5. The van der Waals surface area contributed by atoms with Crippen LogP contribution in [-0.4, -0.2) is 35.7 Å². The van der Waals surface area contributed by atoms with Crippen molar-refractivity contribution < 1.29 is 24.2 Å². The Morgan fingerprint density at radius 2 is 1.92 bits per heavy atom. The summed E-state index contributed by atoms with van der Waals surface area (Å²) in [5, 5.41) is 11.0. The number of benzene rings is 1. The maximum atomic E-state index is 13.2. The molecular formula is C19H19ClO5. The Morgan fingerprint density at radius 3 is 2.56 bits per heavy atom. The average molecular weight is 363 g/mol. The molecule has 6 heteroatoms. The summed E-state index contributed by atoms with van der Waals surface area (Å²) in [6.07, 6.45) is 0.832. The van der Waals surface area contributed by atoms with Gasteiger partial charge in [0.05, 0.1) is 5.41 Å². The van der Waals surface area contributed by atoms with Crippen LogP contribution in [0.1, 0.15) is 43.7 Å². The maximum Gasteiger partial charge on any atom is 0.180 e. The molecule has 1 heterocycles. The lowest BCUT2D eigenvalue weighted by molar-refractivity contribution is -0.128. The van der Waals surface area contributed by atoms with E-state index in [4.69, 9.17) is 16.3 Å². The SMILES string of the molecule is CC(=O)CCC(=O)C1=C(O)c2cc(Cl)ccc2C2(CCOCC2)C1=O. The van der Waals surface area contributed by atoms with Gasteiger partial charge in [0, 0.05) is 36.6 Å². The molecule has 1 fully saturated rings. The molecule has 1 aromatic rings. The normalized spacial score (nSPS) is 19.0. The first kappa shape index (κ1) is 17.8. The van der Waals surface area contributed by atoms with Gasteiger partial charge in [0.15, 0.2) is 11.6 Å². The molecule has 0 saturated carbocycles. The second kappa shape index (κ2) is 6.73. The molecule has 0 unspecified atom stereocenters. The highest BCUT2D eigenvalue weighted by Crippen LogP contribution is 2.46. The van der Waals surface area contributed by atoms with Crippen LogP contribution in [0.5, 0.6) is 0 Å². The van der Waals surface area contributed by atoms with Crippen molar-refractivity contribution in [2.75, 3.05) is 13.2 Å². The fraction of sp³-hybridized carbons (Fsp3) is 0.421. The molecule has 1 aliphatic carbocycles. The molecule has 0 amide bonds. The van der Waals surface area contributed by atoms with Gasteiger partial charge in [-0.3, -0.25) is 9.59 Å². The van der Waals surface area contributed by atoms with Crippen LogP contribution in [0.2, 0.25) is 5.02 Å². The van der Waals surface area contributed by atoms with Crippen molar-refractivity contribution in [1.82, 2.24) is 0 Å². The summed E-state index contributed by atoms with van der Waals surface area (Å²) in [5.74, 6) is -1.36. The molecule has 1 N–H and O–H groups in total. The number of hydrogen-bond acceptors (Lipinski definition) is 5. The van der Waals surface area contributed by atoms with E-state index in [9.17, 15) is 19.5 Å². The number of aliphatic hydroxyl groups excluding tert-OH is 1. The van der Waals surface area contributed by atoms with Crippen molar-refractivity contribution in [3.8, 4) is 0 Å². The summed E-state index contributed by atoms with van der Waals surface area (Å²) in [6.45, 7) is 2.20. The summed E-state index contributed by atoms with van der Waals surface area (Å²) in [5.41, 5.74) is 0.00919. The Balaban J connectivity index is 2.14. The van der Waals surface area contributed by atoms with Gasteiger partial charge in [-0.05, 0) is 37.5 Å². The van der Waals surface area contributed by atoms with Crippen LogP contribution >= 0.6 is 11.6 Å². The quantitative estimate of drug-likeness (QED) is 0.832. The fourth-order valence-electron chi connectivity index (χ4n) is 3.62. The van der Waals surface area contributed by atoms with Gasteiger partial charge in [-0.1, -0.05) is 17.7 Å². The largest absolute Gasteiger partial charge is 0.506 e. The first-order valence-corrected chi connectivity index (χ1v) is 8.63. The molecule has 1 aromatic carbocycles. The second-order valence-electron chi connectivity index (χ2n) is 6.56. The molecule has 2 aliphatic rings. The Morgan fingerprint density at radius 1 is 1.24 bits per heavy atom. The van der Waals surface area contributed by atoms with Crippen LogP contribution in [-0.2, 0) is 24.5 Å². The van der Waals surface area contributed by atoms with E-state index in [1.807, 2.05) is 0 Å². The molecular weight excluding hydrogens is 344 g/mol. The highest BCUT2D eigenvalue weighted by Gasteiger charge is 2.49. The van der Waals surface area contributed by atoms with E-state index in [1.165, 1.54) is 6.92 Å². The van der Waals surface area contributed by atoms with E-state index >= 15 is 0 Å². The van der Waals surface area contributed by atoms with Crippen LogP contribution in [0.4, 0.5) is 0 Å². The van der Waals surface area contributed by atoms with Gasteiger partial charge in [-0.15, -0.1) is 0 Å². The summed E-state index contributed by atoms with van der Waals surface area (Å²) in [7, 11) is 0. The number of aliphatic hydroxyl groups is 1. The van der Waals surface area contributed by atoms with Crippen molar-refractivity contribution in [2.45, 2.75) is 38.0 Å². The third-order valence-electron chi connectivity index (χ3n) is 4.98. The monoisotopic (exact) mass is 362 g/mol. The standard InChI is InChI=1S/C19H19ClO5/c1-11(21)2-5-15(22)16-17(23)13-10-12(20)3-4-14(13)19(18(16)24)6-8-25-9-7-19/h3-4,10,23H,2,5-9H2,1H3. The maximum absolute atomic E-state index is 13.2. The van der Waals surface area contributed by atoms with Crippen LogP contribution in [0.15, 0.2) is 23.8 Å². The van der Waals surface area contributed by atoms with Gasteiger partial charge in [0.1, 0.15) is 17.1 Å². The number of ketones is 3. The lowest BCUT2D eigenvalue weighted by atomic mass is 9.63. The smallest absolute Gasteiger partial charge is 0.180 e. The minimum Gasteiger partial charge on any atom is -0.506 e. The lowest BCUT2D eigenvalue weighted by Gasteiger charge is -2.40. The Hall–Kier alpha value is -1.98. The van der Waals surface area contributed by atoms with E-state index in [1.54, 1.807) is 18.2 Å². The predicted octanol–water partition coefficient (Wildman–Crippen LogP) is 3.18. The minimum atomic E-state index is -0.883. The van der Waals surface area contributed by atoms with Crippen molar-refractivity contribution in [1.29, 1.82) is 0 Å². The molecule has 1 saturated heterocycles. The van der Waals surface area contributed by atoms with Gasteiger partial charge in [-0.25, -0.2) is 0 Å². The van der Waals surface area contributed by atoms with E-state index < -0.39 is 11.2 Å². The predicted molar refractivity (Wildman–Crippen MR) is 92.7 cm³/mol. The van der Waals surface area contributed by atoms with Gasteiger partial charge in [0.2, 0.25) is 0 Å². The minimum absolute atomic E-state index is 0.0431. The molecule has 132 valence electrons. The zero-order chi connectivity index (χ0) is 18.2. The molecule has 1 spiro atoms. The highest BCUT2D eigenvalue weighted by molar-refractivity contribution is 6.32. The summed E-state index contributed by atoms with van der Waals surface area (Å²) >= 11 is 6.06. The number of ether oxygens (including phenoxy) is 1. The topological polar surface area (TPSA) is 80.7 Å². The van der Waals surface area contributed by atoms with Crippen molar-refractivity contribution >= 4 is 34.7 Å². The van der Waals surface area contributed by atoms with Crippen molar-refractivity contribution in [3.63, 3.8) is 0 Å². The van der Waals surface area contributed by atoms with Gasteiger partial charge < -0.3 is 14.6 Å². The zero-order valence-corrected chi connectivity index (χ0v) is 14.7. The first-order chi connectivity index (χ1) is 11.9. The molecule has 3 rings (SSSR count). The second-order valence-corrected chi connectivity index (χ2v) is 7.00. The first-order valence-electron chi connectivity index (χ1n) is 8.25. The summed E-state index contributed by atoms with van der Waals surface area (Å²) in [4.78, 5) is 37.0. The van der Waals surface area contributed by atoms with Crippen LogP contribution in [0.3, 0.4) is 0 Å². The van der Waals surface area contributed by atoms with Crippen LogP contribution in [0, 0.1) is 0 Å². The Bertz CT molecular complexity index is 787. The summed E-state index contributed by atoms with van der Waals surface area (Å²) in [6, 6.07) is 5.00. The number of rotatable bonds is 4. The van der Waals surface area contributed by atoms with Gasteiger partial charge in [-0.2, -0.15) is 0 Å². The Kier molecular flexibility index (Phi) is 4.80. The van der Waals surface area contributed by atoms with Gasteiger partial charge >= 0.3 is 0 Å². The van der Waals surface area contributed by atoms with E-state index in [-0.39, 0.29) is 35.7 Å². The number of carbonyl (C=O) groups is 3. The molecule has 25 heavy (non-hydrogen) atoms. The van der Waals surface area contributed by atoms with Crippen molar-refractivity contribution in [3.05, 3.63) is 39.9 Å². The zero-order valence-electron chi connectivity index (χ0n) is 13.9. The number of carbonyl (C=O) groups excluding carboxylic acids is 3. The molecule has 1 aliphatic heterocycles. The molecule has 0 bridgehead atoms. The van der Waals surface area contributed by atoms with E-state index in [0.29, 0.717) is 42.2 Å². The molecule has 0 aromatic heterocycles. The third kappa shape index (κ3) is 3.02. The number of allylic oxidation sites excluding steroid dienone is 1. The number of halogens is 1. The molecule has 5 nitrogen and oxygen atoms in total. The van der Waals surface area contributed by atoms with Crippen LogP contribution < -0.4 is 0 Å². The Labute approximate surface area is 150 Å². The average Bonchev–Trinajstić information content (AvgIpc) is 2.59. The van der Waals surface area contributed by atoms with Gasteiger partial charge in [0.25, 0.3) is 0 Å². The molecule has 0 atom stereocenters. The summed E-state index contributed by atoms with van der Waals surface area (Å²) < 4.78 is 5.40. The van der Waals surface area contributed by atoms with Crippen molar-refractivity contribution in [2.24, 2.45) is 0 Å². The number of fused-ring (bicyclic) bond motifs is 2. The number of Topliss-reactive ketones (excluding diaryl/α,β-unsaturated/α-hetero) is 3. The third-order valence-corrected chi connectivity index (χ3v) is 5.22. The number of hydrogen-bond donors (Lipinski definition) is 1. The van der Waals surface area contributed by atoms with Crippen LogP contribution in [0.25, 0.3) is 5.76 Å².